The second kappa shape index (κ2) is 6.72. The van der Waals surface area contributed by atoms with E-state index in [9.17, 15) is 4.79 Å². The van der Waals surface area contributed by atoms with Crippen molar-refractivity contribution in [3.8, 4) is 0 Å². The van der Waals surface area contributed by atoms with Crippen molar-refractivity contribution in [2.75, 3.05) is 18.9 Å². The molecule has 27 heavy (non-hydrogen) atoms. The largest absolute Gasteiger partial charge is 0.338 e. The van der Waals surface area contributed by atoms with Gasteiger partial charge in [0, 0.05) is 63.1 Å². The summed E-state index contributed by atoms with van der Waals surface area (Å²) in [6.45, 7) is 5.18. The number of nitrogens with one attached hydrogen (secondary N) is 1. The fourth-order valence-electron chi connectivity index (χ4n) is 4.09. The topological polar surface area (TPSA) is 65.8 Å². The van der Waals surface area contributed by atoms with Crippen LogP contribution in [0.1, 0.15) is 36.7 Å². The number of nitrogens with zero attached hydrogens (tertiary/aromatic N) is 5. The van der Waals surface area contributed by atoms with E-state index in [1.165, 1.54) is 11.3 Å². The molecule has 7 heteroatoms. The molecule has 4 rings (SSSR count). The highest BCUT2D eigenvalue weighted by atomic mass is 16.2. The highest BCUT2D eigenvalue weighted by Gasteiger charge is 2.27. The van der Waals surface area contributed by atoms with Crippen molar-refractivity contribution in [2.24, 2.45) is 18.1 Å². The molecule has 0 spiro atoms. The summed E-state index contributed by atoms with van der Waals surface area (Å²) in [4.78, 5) is 13.6. The molecule has 1 N–H and O–H groups in total. The third-order valence-corrected chi connectivity index (χ3v) is 5.59. The summed E-state index contributed by atoms with van der Waals surface area (Å²) in [5, 5.41) is 14.5. The van der Waals surface area contributed by atoms with Crippen LogP contribution in [0.2, 0.25) is 0 Å². The molecule has 0 fully saturated rings. The number of rotatable bonds is 3. The normalized spacial score (nSPS) is 21.5. The summed E-state index contributed by atoms with van der Waals surface area (Å²) >= 11 is 0. The number of hydrogen-bond acceptors (Lipinski definition) is 5. The van der Waals surface area contributed by atoms with Gasteiger partial charge >= 0.3 is 0 Å². The minimum absolute atomic E-state index is 0.108. The van der Waals surface area contributed by atoms with Crippen molar-refractivity contribution >= 4 is 23.6 Å². The third-order valence-electron chi connectivity index (χ3n) is 5.59. The van der Waals surface area contributed by atoms with Crippen LogP contribution in [0.5, 0.6) is 0 Å². The lowest BCUT2D eigenvalue weighted by atomic mass is 9.96. The van der Waals surface area contributed by atoms with E-state index >= 15 is 0 Å². The van der Waals surface area contributed by atoms with Gasteiger partial charge in [-0.2, -0.15) is 10.2 Å². The van der Waals surface area contributed by atoms with Crippen LogP contribution in [-0.2, 0) is 24.8 Å². The molecule has 142 valence electrons. The molecule has 0 saturated carbocycles. The van der Waals surface area contributed by atoms with Gasteiger partial charge in [0.25, 0.3) is 0 Å². The smallest absolute Gasteiger partial charge is 0.219 e. The lowest BCUT2D eigenvalue weighted by molar-refractivity contribution is -0.129. The van der Waals surface area contributed by atoms with Gasteiger partial charge in [-0.05, 0) is 17.7 Å². The van der Waals surface area contributed by atoms with E-state index < -0.39 is 0 Å². The zero-order valence-electron chi connectivity index (χ0n) is 16.3. The van der Waals surface area contributed by atoms with E-state index in [0.29, 0.717) is 12.5 Å². The van der Waals surface area contributed by atoms with Gasteiger partial charge in [0.15, 0.2) is 5.82 Å². The Morgan fingerprint density at radius 2 is 1.96 bits per heavy atom. The number of carbonyl (C=O) groups is 1. The number of hydrogen-bond donors (Lipinski definition) is 1. The maximum absolute atomic E-state index is 11.8. The second-order valence-electron chi connectivity index (χ2n) is 7.48. The maximum atomic E-state index is 11.8. The molecule has 1 aromatic carbocycles. The molecule has 2 unspecified atom stereocenters. The lowest BCUT2D eigenvalue weighted by Gasteiger charge is -2.26. The number of aromatic nitrogens is 2. The number of aryl methyl sites for hydroxylation is 1. The first kappa shape index (κ1) is 17.6. The van der Waals surface area contributed by atoms with Crippen molar-refractivity contribution in [2.45, 2.75) is 32.9 Å². The van der Waals surface area contributed by atoms with Gasteiger partial charge in [-0.15, -0.1) is 0 Å². The van der Waals surface area contributed by atoms with E-state index in [0.717, 1.165) is 30.0 Å². The highest BCUT2D eigenvalue weighted by molar-refractivity contribution is 5.74. The molecular formula is C20H26N6O. The summed E-state index contributed by atoms with van der Waals surface area (Å²) in [5.41, 5.74) is 4.55. The van der Waals surface area contributed by atoms with Gasteiger partial charge in [0.2, 0.25) is 5.91 Å². The standard InChI is InChI=1S/C20H26N6O/c1-13-11-21-25(4)19(13)15-5-7-16(8-6-15)22-20-17-12-26(14(2)27)10-9-18(17)24(3)23-20/h5-8,11,13,19H,9-10,12H2,1-4H3,(H,22,23). The van der Waals surface area contributed by atoms with E-state index in [4.69, 9.17) is 0 Å². The number of anilines is 2. The van der Waals surface area contributed by atoms with Crippen LogP contribution >= 0.6 is 0 Å². The van der Waals surface area contributed by atoms with Gasteiger partial charge in [0.05, 0.1) is 12.6 Å². The molecular weight excluding hydrogens is 340 g/mol. The SMILES string of the molecule is CC(=O)N1CCc2c(c(Nc3ccc(C4C(C)C=NN4C)cc3)nn2C)C1. The Hall–Kier alpha value is -2.83. The van der Waals surface area contributed by atoms with E-state index in [2.05, 4.69) is 46.7 Å². The van der Waals surface area contributed by atoms with Crippen molar-refractivity contribution < 1.29 is 4.79 Å². The van der Waals surface area contributed by atoms with Gasteiger partial charge in [-0.25, -0.2) is 0 Å². The minimum Gasteiger partial charge on any atom is -0.338 e. The summed E-state index contributed by atoms with van der Waals surface area (Å²) in [6, 6.07) is 8.74. The predicted molar refractivity (Wildman–Crippen MR) is 106 cm³/mol. The minimum atomic E-state index is 0.108. The van der Waals surface area contributed by atoms with Crippen molar-refractivity contribution in [1.82, 2.24) is 19.7 Å². The average molecular weight is 366 g/mol. The van der Waals surface area contributed by atoms with E-state index in [-0.39, 0.29) is 11.9 Å². The van der Waals surface area contributed by atoms with E-state index in [1.54, 1.807) is 6.92 Å². The molecule has 2 aliphatic rings. The van der Waals surface area contributed by atoms with Crippen LogP contribution < -0.4 is 5.32 Å². The Morgan fingerprint density at radius 1 is 1.22 bits per heavy atom. The number of benzene rings is 1. The first-order valence-corrected chi connectivity index (χ1v) is 9.38. The number of amides is 1. The first-order valence-electron chi connectivity index (χ1n) is 9.38. The molecule has 0 radical (unpaired) electrons. The fraction of sp³-hybridized carbons (Fsp3) is 0.450. The second-order valence-corrected chi connectivity index (χ2v) is 7.48. The Labute approximate surface area is 159 Å². The molecule has 1 amide bonds. The zero-order valence-corrected chi connectivity index (χ0v) is 16.3. The van der Waals surface area contributed by atoms with Crippen LogP contribution in [0.3, 0.4) is 0 Å². The molecule has 1 aromatic heterocycles. The molecule has 0 aliphatic carbocycles. The summed E-state index contributed by atoms with van der Waals surface area (Å²) < 4.78 is 1.93. The summed E-state index contributed by atoms with van der Waals surface area (Å²) in [6.07, 6.45) is 2.84. The van der Waals surface area contributed by atoms with Crippen LogP contribution in [-0.4, -0.2) is 45.4 Å². The average Bonchev–Trinajstić information content (AvgIpc) is 3.15. The van der Waals surface area contributed by atoms with Crippen LogP contribution in [0.15, 0.2) is 29.4 Å². The summed E-state index contributed by atoms with van der Waals surface area (Å²) in [7, 11) is 3.98. The molecule has 2 atom stereocenters. The molecule has 2 aromatic rings. The molecule has 0 bridgehead atoms. The molecule has 3 heterocycles. The first-order chi connectivity index (χ1) is 12.9. The third kappa shape index (κ3) is 3.18. The Kier molecular flexibility index (Phi) is 4.37. The van der Waals surface area contributed by atoms with Crippen LogP contribution in [0, 0.1) is 5.92 Å². The Morgan fingerprint density at radius 3 is 2.59 bits per heavy atom. The lowest BCUT2D eigenvalue weighted by Crippen LogP contribution is -2.34. The highest BCUT2D eigenvalue weighted by Crippen LogP contribution is 2.33. The van der Waals surface area contributed by atoms with Crippen LogP contribution in [0.4, 0.5) is 11.5 Å². The number of carbonyl (C=O) groups excluding carboxylic acids is 1. The number of hydrazone groups is 1. The number of fused-ring (bicyclic) bond motifs is 1. The van der Waals surface area contributed by atoms with Gasteiger partial charge in [-0.3, -0.25) is 14.5 Å². The quantitative estimate of drug-likeness (QED) is 0.907. The Balaban J connectivity index is 1.54. The monoisotopic (exact) mass is 366 g/mol. The summed E-state index contributed by atoms with van der Waals surface area (Å²) in [5.74, 6) is 1.34. The van der Waals surface area contributed by atoms with Gasteiger partial charge in [0.1, 0.15) is 0 Å². The van der Waals surface area contributed by atoms with Gasteiger partial charge < -0.3 is 10.2 Å². The van der Waals surface area contributed by atoms with Crippen LogP contribution in [0.25, 0.3) is 0 Å². The van der Waals surface area contributed by atoms with Crippen molar-refractivity contribution in [1.29, 1.82) is 0 Å². The molecule has 0 saturated heterocycles. The van der Waals surface area contributed by atoms with Gasteiger partial charge in [-0.1, -0.05) is 19.1 Å². The van der Waals surface area contributed by atoms with E-state index in [1.807, 2.05) is 34.9 Å². The van der Waals surface area contributed by atoms with Crippen molar-refractivity contribution in [3.05, 3.63) is 41.1 Å². The molecule has 7 nitrogen and oxygen atoms in total. The Bertz CT molecular complexity index is 873. The van der Waals surface area contributed by atoms with Crippen molar-refractivity contribution in [3.63, 3.8) is 0 Å². The maximum Gasteiger partial charge on any atom is 0.219 e. The zero-order chi connectivity index (χ0) is 19.1. The fourth-order valence-corrected chi connectivity index (χ4v) is 4.09. The predicted octanol–water partition coefficient (Wildman–Crippen LogP) is 2.68. The molecule has 2 aliphatic heterocycles.